The van der Waals surface area contributed by atoms with Crippen LogP contribution in [0.4, 0.5) is 4.39 Å². The summed E-state index contributed by atoms with van der Waals surface area (Å²) in [5.41, 5.74) is 3.72. The van der Waals surface area contributed by atoms with Crippen LogP contribution in [0.2, 0.25) is 0 Å². The summed E-state index contributed by atoms with van der Waals surface area (Å²) < 4.78 is 55.8. The molecule has 0 saturated carbocycles. The second-order valence-corrected chi connectivity index (χ2v) is 12.2. The van der Waals surface area contributed by atoms with Gasteiger partial charge in [0.15, 0.2) is 14.6 Å². The predicted molar refractivity (Wildman–Crippen MR) is 146 cm³/mol. The zero-order chi connectivity index (χ0) is 28.8. The van der Waals surface area contributed by atoms with E-state index in [1.165, 1.54) is 18.2 Å². The second kappa shape index (κ2) is 12.9. The molecule has 40 heavy (non-hydrogen) atoms. The molecular formula is C29H35FN2O7S. The van der Waals surface area contributed by atoms with Gasteiger partial charge in [-0.1, -0.05) is 12.1 Å². The summed E-state index contributed by atoms with van der Waals surface area (Å²) in [5.74, 6) is 0.0569. The number of carbonyl (C=O) groups is 1. The second-order valence-electron chi connectivity index (χ2n) is 9.96. The number of aryl methyl sites for hydroxylation is 2. The van der Waals surface area contributed by atoms with E-state index in [1.54, 1.807) is 44.0 Å². The minimum absolute atomic E-state index is 0.00977. The van der Waals surface area contributed by atoms with Crippen molar-refractivity contribution >= 4 is 15.7 Å². The number of benzene rings is 2. The number of carbonyl (C=O) groups excluding carboxylic acids is 1. The van der Waals surface area contributed by atoms with Crippen molar-refractivity contribution in [2.75, 3.05) is 40.0 Å². The Hall–Kier alpha value is -3.25. The number of halogens is 1. The van der Waals surface area contributed by atoms with Crippen molar-refractivity contribution in [1.29, 1.82) is 0 Å². The highest BCUT2D eigenvalue weighted by Crippen LogP contribution is 2.36. The highest BCUT2D eigenvalue weighted by Gasteiger charge is 2.52. The van der Waals surface area contributed by atoms with Gasteiger partial charge in [-0.15, -0.1) is 0 Å². The third kappa shape index (κ3) is 6.38. The van der Waals surface area contributed by atoms with E-state index in [1.807, 2.05) is 17.0 Å². The fraction of sp³-hybridized carbons (Fsp3) is 0.414. The lowest BCUT2D eigenvalue weighted by atomic mass is 9.95. The van der Waals surface area contributed by atoms with E-state index in [0.29, 0.717) is 57.0 Å². The Labute approximate surface area is 233 Å². The number of ether oxygens (including phenoxy) is 2. The lowest BCUT2D eigenvalue weighted by Gasteiger charge is -2.39. The molecule has 1 fully saturated rings. The number of sulfone groups is 1. The Kier molecular flexibility index (Phi) is 9.62. The Morgan fingerprint density at radius 3 is 2.48 bits per heavy atom. The first-order valence-corrected chi connectivity index (χ1v) is 14.7. The van der Waals surface area contributed by atoms with Gasteiger partial charge in [0.25, 0.3) is 5.91 Å². The minimum Gasteiger partial charge on any atom is -0.494 e. The first kappa shape index (κ1) is 29.7. The molecule has 4 rings (SSSR count). The van der Waals surface area contributed by atoms with Crippen molar-refractivity contribution in [3.8, 4) is 16.9 Å². The van der Waals surface area contributed by atoms with E-state index >= 15 is 0 Å². The monoisotopic (exact) mass is 574 g/mol. The molecule has 1 aliphatic heterocycles. The molecule has 0 bridgehead atoms. The maximum absolute atomic E-state index is 13.9. The van der Waals surface area contributed by atoms with Crippen LogP contribution in [0.25, 0.3) is 11.1 Å². The number of hydrogen-bond acceptors (Lipinski definition) is 8. The van der Waals surface area contributed by atoms with E-state index in [0.717, 1.165) is 16.9 Å². The number of hydroxylamine groups is 1. The minimum atomic E-state index is -4.10. The van der Waals surface area contributed by atoms with Gasteiger partial charge in [0, 0.05) is 38.7 Å². The van der Waals surface area contributed by atoms with Gasteiger partial charge < -0.3 is 18.8 Å². The fourth-order valence-electron chi connectivity index (χ4n) is 4.89. The quantitative estimate of drug-likeness (QED) is 0.188. The van der Waals surface area contributed by atoms with Gasteiger partial charge in [-0.2, -0.15) is 0 Å². The van der Waals surface area contributed by atoms with E-state index in [2.05, 4.69) is 0 Å². The number of nitrogens with zero attached hydrogens (tertiary/aromatic N) is 1. The molecule has 0 radical (unpaired) electrons. The third-order valence-electron chi connectivity index (χ3n) is 7.43. The number of methoxy groups -OCH3 is 1. The largest absolute Gasteiger partial charge is 0.494 e. The number of likely N-dealkylation sites (tertiary alicyclic amines) is 1. The molecule has 3 aromatic rings. The highest BCUT2D eigenvalue weighted by atomic mass is 32.2. The number of hydrogen-bond donors (Lipinski definition) is 2. The molecule has 11 heteroatoms. The molecule has 1 aliphatic rings. The molecule has 9 nitrogen and oxygen atoms in total. The molecule has 1 aromatic heterocycles. The van der Waals surface area contributed by atoms with Crippen molar-refractivity contribution in [3.05, 3.63) is 71.9 Å². The van der Waals surface area contributed by atoms with Gasteiger partial charge in [-0.25, -0.2) is 18.3 Å². The molecule has 2 aromatic carbocycles. The van der Waals surface area contributed by atoms with Gasteiger partial charge in [0.05, 0.1) is 24.4 Å². The molecule has 0 spiro atoms. The Balaban J connectivity index is 1.33. The van der Waals surface area contributed by atoms with Gasteiger partial charge in [-0.3, -0.25) is 10.0 Å². The molecule has 2 N–H and O–H groups in total. The molecule has 0 atom stereocenters. The van der Waals surface area contributed by atoms with Crippen molar-refractivity contribution in [3.63, 3.8) is 0 Å². The predicted octanol–water partition coefficient (Wildman–Crippen LogP) is 4.17. The smallest absolute Gasteiger partial charge is 0.265 e. The first-order chi connectivity index (χ1) is 19.2. The van der Waals surface area contributed by atoms with Gasteiger partial charge in [0.2, 0.25) is 0 Å². The van der Waals surface area contributed by atoms with Crippen LogP contribution < -0.4 is 10.2 Å². The molecule has 0 unspecified atom stereocenters. The van der Waals surface area contributed by atoms with Crippen LogP contribution in [0.3, 0.4) is 0 Å². The van der Waals surface area contributed by atoms with E-state index in [9.17, 15) is 22.8 Å². The summed E-state index contributed by atoms with van der Waals surface area (Å²) in [4.78, 5) is 14.7. The molecule has 1 amide bonds. The van der Waals surface area contributed by atoms with Crippen LogP contribution >= 0.6 is 0 Å². The summed E-state index contributed by atoms with van der Waals surface area (Å²) in [6, 6.07) is 12.9. The first-order valence-electron chi connectivity index (χ1n) is 13.2. The SMILES string of the molecule is COCCN1CCC(C(=O)NO)(S(=O)(=O)c2ccc(OCCCc3cc(-c4ccc(C)c(F)c4)co3)cc2)CC1. The van der Waals surface area contributed by atoms with Gasteiger partial charge in [-0.05, 0) is 73.7 Å². The molecule has 2 heterocycles. The number of rotatable bonds is 12. The average molecular weight is 575 g/mol. The maximum Gasteiger partial charge on any atom is 0.265 e. The van der Waals surface area contributed by atoms with Crippen LogP contribution in [-0.4, -0.2) is 69.1 Å². The fourth-order valence-corrected chi connectivity index (χ4v) is 6.85. The Bertz CT molecular complexity index is 1400. The lowest BCUT2D eigenvalue weighted by Crippen LogP contribution is -2.57. The normalized spacial score (nSPS) is 15.6. The average Bonchev–Trinajstić information content (AvgIpc) is 3.44. The highest BCUT2D eigenvalue weighted by molar-refractivity contribution is 7.93. The standard InChI is InChI=1S/C29H35FN2O7S/c1-21-5-6-22(19-27(21)30)23-18-25(39-20-23)4-3-16-38-24-7-9-26(10-8-24)40(35,36)29(28(33)31-34)11-13-32(14-12-29)15-17-37-2/h5-10,18-20,34H,3-4,11-17H2,1-2H3,(H,31,33). The maximum atomic E-state index is 13.9. The molecule has 1 saturated heterocycles. The third-order valence-corrected chi connectivity index (χ3v) is 9.95. The van der Waals surface area contributed by atoms with Gasteiger partial charge >= 0.3 is 0 Å². The van der Waals surface area contributed by atoms with E-state index < -0.39 is 20.5 Å². The van der Waals surface area contributed by atoms with Crippen molar-refractivity contribution in [2.24, 2.45) is 0 Å². The summed E-state index contributed by atoms with van der Waals surface area (Å²) in [6.45, 7) is 3.99. The summed E-state index contributed by atoms with van der Waals surface area (Å²) in [6.07, 6.45) is 2.97. The van der Waals surface area contributed by atoms with Crippen molar-refractivity contribution < 1.29 is 36.7 Å². The number of furan rings is 1. The van der Waals surface area contributed by atoms with Crippen molar-refractivity contribution in [2.45, 2.75) is 42.2 Å². The number of piperidine rings is 1. The zero-order valence-corrected chi connectivity index (χ0v) is 23.5. The van der Waals surface area contributed by atoms with Crippen LogP contribution in [-0.2, 0) is 25.8 Å². The zero-order valence-electron chi connectivity index (χ0n) is 22.7. The van der Waals surface area contributed by atoms with Crippen LogP contribution in [0.15, 0.2) is 64.1 Å². The molecule has 0 aliphatic carbocycles. The Morgan fingerprint density at radius 2 is 1.82 bits per heavy atom. The van der Waals surface area contributed by atoms with Crippen molar-refractivity contribution in [1.82, 2.24) is 10.4 Å². The van der Waals surface area contributed by atoms with Crippen LogP contribution in [0.1, 0.15) is 30.6 Å². The number of amides is 1. The van der Waals surface area contributed by atoms with Crippen LogP contribution in [0.5, 0.6) is 5.75 Å². The number of nitrogens with one attached hydrogen (secondary N) is 1. The van der Waals surface area contributed by atoms with Gasteiger partial charge in [0.1, 0.15) is 17.3 Å². The Morgan fingerprint density at radius 1 is 1.10 bits per heavy atom. The molecular weight excluding hydrogens is 539 g/mol. The summed E-state index contributed by atoms with van der Waals surface area (Å²) >= 11 is 0. The molecule has 216 valence electrons. The van der Waals surface area contributed by atoms with E-state index in [4.69, 9.17) is 13.9 Å². The summed E-state index contributed by atoms with van der Waals surface area (Å²) in [5, 5.41) is 9.36. The summed E-state index contributed by atoms with van der Waals surface area (Å²) in [7, 11) is -2.51. The topological polar surface area (TPSA) is 118 Å². The van der Waals surface area contributed by atoms with Crippen LogP contribution in [0, 0.1) is 12.7 Å². The lowest BCUT2D eigenvalue weighted by molar-refractivity contribution is -0.133. The van der Waals surface area contributed by atoms with E-state index in [-0.39, 0.29) is 23.6 Å².